The van der Waals surface area contributed by atoms with Crippen molar-refractivity contribution in [1.29, 1.82) is 0 Å². The van der Waals surface area contributed by atoms with Crippen molar-refractivity contribution in [2.24, 2.45) is 0 Å². The van der Waals surface area contributed by atoms with E-state index >= 15 is 0 Å². The van der Waals surface area contributed by atoms with Crippen molar-refractivity contribution in [2.45, 2.75) is 12.0 Å². The highest BCUT2D eigenvalue weighted by atomic mass is 32.2. The zero-order valence-corrected chi connectivity index (χ0v) is 18.6. The van der Waals surface area contributed by atoms with Crippen LogP contribution in [0.25, 0.3) is 11.1 Å². The average molecular weight is 469 g/mol. The average Bonchev–Trinajstić information content (AvgIpc) is 3.16. The van der Waals surface area contributed by atoms with Crippen LogP contribution in [0.5, 0.6) is 5.75 Å². The number of carbonyl (C=O) groups excluding carboxylic acids is 2. The fourth-order valence-corrected chi connectivity index (χ4v) is 4.32. The van der Waals surface area contributed by atoms with Crippen LogP contribution in [0.4, 0.5) is 4.39 Å². The van der Waals surface area contributed by atoms with Crippen LogP contribution >= 0.6 is 0 Å². The van der Waals surface area contributed by atoms with Gasteiger partial charge in [-0.15, -0.1) is 0 Å². The van der Waals surface area contributed by atoms with E-state index in [-0.39, 0.29) is 17.3 Å². The Morgan fingerprint density at radius 1 is 0.970 bits per heavy atom. The summed E-state index contributed by atoms with van der Waals surface area (Å²) in [5, 5.41) is 2.66. The fraction of sp³-hybridized carbons (Fsp3) is 0.167. The summed E-state index contributed by atoms with van der Waals surface area (Å²) in [6.45, 7) is 0. The van der Waals surface area contributed by atoms with Crippen molar-refractivity contribution in [3.05, 3.63) is 89.2 Å². The number of benzene rings is 3. The number of likely N-dealkylation sites (N-methyl/N-ethyl adjacent to an activating group) is 1. The molecular formula is C24H21FN2O5S. The van der Waals surface area contributed by atoms with Crippen LogP contribution < -0.4 is 14.8 Å². The van der Waals surface area contributed by atoms with E-state index in [1.54, 1.807) is 42.5 Å². The lowest BCUT2D eigenvalue weighted by atomic mass is 9.88. The molecule has 3 aromatic rings. The molecule has 2 unspecified atom stereocenters. The smallest absolute Gasteiger partial charge is 0.264 e. The zero-order chi connectivity index (χ0) is 23.8. The molecule has 0 aliphatic carbocycles. The molecule has 3 aromatic carbocycles. The van der Waals surface area contributed by atoms with Crippen LogP contribution in [-0.4, -0.2) is 33.5 Å². The second-order valence-corrected chi connectivity index (χ2v) is 9.47. The van der Waals surface area contributed by atoms with Crippen molar-refractivity contribution < 1.29 is 27.1 Å². The van der Waals surface area contributed by atoms with Crippen LogP contribution in [0.1, 0.15) is 33.5 Å². The first-order valence-corrected chi connectivity index (χ1v) is 12.0. The number of hydrogen-bond donors (Lipinski definition) is 2. The summed E-state index contributed by atoms with van der Waals surface area (Å²) < 4.78 is 44.2. The molecule has 1 aliphatic rings. The van der Waals surface area contributed by atoms with Gasteiger partial charge in [-0.1, -0.05) is 30.3 Å². The first kappa shape index (κ1) is 22.5. The van der Waals surface area contributed by atoms with E-state index in [1.807, 2.05) is 10.8 Å². The van der Waals surface area contributed by atoms with E-state index < -0.39 is 28.0 Å². The number of carbonyl (C=O) groups is 2. The molecule has 0 saturated carbocycles. The molecule has 0 spiro atoms. The number of amides is 2. The standard InChI is InChI=1S/C24H21FN2O5S/c1-26-24(29)21-19-13-16(15-4-3-5-17(12-15)23(28)27-33(2,30)31)8-11-20(19)32-22(21)14-6-9-18(25)10-7-14/h3-13,21-22H,1-2H3,(H,26,29)(H,27,28). The first-order valence-electron chi connectivity index (χ1n) is 10.1. The normalized spacial score (nSPS) is 17.1. The van der Waals surface area contributed by atoms with Crippen LogP contribution in [0.15, 0.2) is 66.7 Å². The van der Waals surface area contributed by atoms with Crippen LogP contribution in [0.3, 0.4) is 0 Å². The molecule has 2 atom stereocenters. The van der Waals surface area contributed by atoms with E-state index in [0.717, 1.165) is 11.8 Å². The summed E-state index contributed by atoms with van der Waals surface area (Å²) in [6, 6.07) is 17.7. The molecule has 0 fully saturated rings. The van der Waals surface area contributed by atoms with Crippen molar-refractivity contribution >= 4 is 21.8 Å². The molecule has 2 N–H and O–H groups in total. The molecule has 33 heavy (non-hydrogen) atoms. The van der Waals surface area contributed by atoms with Gasteiger partial charge in [-0.3, -0.25) is 9.59 Å². The van der Waals surface area contributed by atoms with E-state index in [9.17, 15) is 22.4 Å². The topological polar surface area (TPSA) is 102 Å². The van der Waals surface area contributed by atoms with Gasteiger partial charge in [0.15, 0.2) is 0 Å². The number of fused-ring (bicyclic) bond motifs is 1. The molecule has 4 rings (SSSR count). The summed E-state index contributed by atoms with van der Waals surface area (Å²) in [5.41, 5.74) is 2.90. The second kappa shape index (κ2) is 8.67. The minimum absolute atomic E-state index is 0.182. The SMILES string of the molecule is CNC(=O)C1c2cc(-c3cccc(C(=O)NS(C)(=O)=O)c3)ccc2OC1c1ccc(F)cc1. The molecule has 0 radical (unpaired) electrons. The Labute approximate surface area is 190 Å². The maximum absolute atomic E-state index is 13.4. The number of rotatable bonds is 5. The Bertz CT molecular complexity index is 1340. The molecular weight excluding hydrogens is 447 g/mol. The molecule has 1 heterocycles. The molecule has 7 nitrogen and oxygen atoms in total. The van der Waals surface area contributed by atoms with Crippen molar-refractivity contribution in [3.8, 4) is 16.9 Å². The monoisotopic (exact) mass is 468 g/mol. The van der Waals surface area contributed by atoms with Crippen molar-refractivity contribution in [2.75, 3.05) is 13.3 Å². The third-order valence-corrected chi connectivity index (χ3v) is 5.92. The summed E-state index contributed by atoms with van der Waals surface area (Å²) in [5.74, 6) is -1.49. The Hall–Kier alpha value is -3.72. The quantitative estimate of drug-likeness (QED) is 0.599. The highest BCUT2D eigenvalue weighted by Gasteiger charge is 2.40. The lowest BCUT2D eigenvalue weighted by Crippen LogP contribution is -2.29. The molecule has 2 amide bonds. The van der Waals surface area contributed by atoms with Gasteiger partial charge in [0.1, 0.15) is 23.6 Å². The van der Waals surface area contributed by atoms with Gasteiger partial charge in [0.2, 0.25) is 15.9 Å². The lowest BCUT2D eigenvalue weighted by Gasteiger charge is -2.18. The van der Waals surface area contributed by atoms with Gasteiger partial charge in [0.25, 0.3) is 5.91 Å². The lowest BCUT2D eigenvalue weighted by molar-refractivity contribution is -0.123. The van der Waals surface area contributed by atoms with Gasteiger partial charge in [0, 0.05) is 18.2 Å². The number of sulfonamides is 1. The summed E-state index contributed by atoms with van der Waals surface area (Å²) in [7, 11) is -2.16. The minimum atomic E-state index is -3.70. The van der Waals surface area contributed by atoms with Crippen LogP contribution in [-0.2, 0) is 14.8 Å². The Kier molecular flexibility index (Phi) is 5.90. The first-order chi connectivity index (χ1) is 15.7. The maximum atomic E-state index is 13.4. The number of nitrogens with one attached hydrogen (secondary N) is 2. The van der Waals surface area contributed by atoms with E-state index in [0.29, 0.717) is 22.4 Å². The highest BCUT2D eigenvalue weighted by molar-refractivity contribution is 7.89. The van der Waals surface area contributed by atoms with Gasteiger partial charge in [0.05, 0.1) is 6.26 Å². The zero-order valence-electron chi connectivity index (χ0n) is 17.8. The van der Waals surface area contributed by atoms with Gasteiger partial charge >= 0.3 is 0 Å². The van der Waals surface area contributed by atoms with Crippen LogP contribution in [0, 0.1) is 5.82 Å². The molecule has 1 aliphatic heterocycles. The van der Waals surface area contributed by atoms with Crippen LogP contribution in [0.2, 0.25) is 0 Å². The van der Waals surface area contributed by atoms with Gasteiger partial charge < -0.3 is 10.1 Å². The van der Waals surface area contributed by atoms with Crippen molar-refractivity contribution in [3.63, 3.8) is 0 Å². The summed E-state index contributed by atoms with van der Waals surface area (Å²) >= 11 is 0. The van der Waals surface area contributed by atoms with E-state index in [1.165, 1.54) is 25.2 Å². The predicted molar refractivity (Wildman–Crippen MR) is 121 cm³/mol. The molecule has 170 valence electrons. The molecule has 0 bridgehead atoms. The summed E-state index contributed by atoms with van der Waals surface area (Å²) in [4.78, 5) is 25.0. The van der Waals surface area contributed by atoms with Gasteiger partial charge in [-0.2, -0.15) is 0 Å². The van der Waals surface area contributed by atoms with Crippen molar-refractivity contribution in [1.82, 2.24) is 10.0 Å². The van der Waals surface area contributed by atoms with Gasteiger partial charge in [-0.05, 0) is 53.1 Å². The minimum Gasteiger partial charge on any atom is -0.484 e. The summed E-state index contributed by atoms with van der Waals surface area (Å²) in [6.07, 6.45) is 0.286. The predicted octanol–water partition coefficient (Wildman–Crippen LogP) is 3.15. The third kappa shape index (κ3) is 4.73. The number of halogens is 1. The van der Waals surface area contributed by atoms with E-state index in [4.69, 9.17) is 4.74 Å². The molecule has 9 heteroatoms. The Morgan fingerprint density at radius 2 is 1.67 bits per heavy atom. The second-order valence-electron chi connectivity index (χ2n) is 7.72. The fourth-order valence-electron chi connectivity index (χ4n) is 3.86. The number of ether oxygens (including phenoxy) is 1. The number of hydrogen-bond acceptors (Lipinski definition) is 5. The molecule has 0 aromatic heterocycles. The largest absolute Gasteiger partial charge is 0.484 e. The highest BCUT2D eigenvalue weighted by Crippen LogP contribution is 2.47. The molecule has 0 saturated heterocycles. The Balaban J connectivity index is 1.71. The third-order valence-electron chi connectivity index (χ3n) is 5.37. The Morgan fingerprint density at radius 3 is 2.33 bits per heavy atom. The maximum Gasteiger partial charge on any atom is 0.264 e. The van der Waals surface area contributed by atoms with Gasteiger partial charge in [-0.25, -0.2) is 17.5 Å². The van der Waals surface area contributed by atoms with E-state index in [2.05, 4.69) is 5.32 Å².